The zero-order valence-electron chi connectivity index (χ0n) is 12.5. The molecule has 2 rings (SSSR count). The number of aliphatic hydroxyl groups is 1. The standard InChI is InChI=1S/C16H27N3O/c1-2-9-17-16-14(6-5-10-18-16)13-19-11-4-3-7-15(19)8-12-20/h5-6,10,15,20H,2-4,7-9,11-13H2,1H3,(H,17,18). The van der Waals surface area contributed by atoms with E-state index >= 15 is 0 Å². The largest absolute Gasteiger partial charge is 0.396 e. The molecule has 0 amide bonds. The van der Waals surface area contributed by atoms with Gasteiger partial charge in [-0.15, -0.1) is 0 Å². The zero-order valence-corrected chi connectivity index (χ0v) is 12.5. The molecule has 1 fully saturated rings. The smallest absolute Gasteiger partial charge is 0.130 e. The zero-order chi connectivity index (χ0) is 14.2. The lowest BCUT2D eigenvalue weighted by atomic mass is 9.99. The van der Waals surface area contributed by atoms with E-state index in [-0.39, 0.29) is 6.61 Å². The Morgan fingerprint density at radius 1 is 1.45 bits per heavy atom. The van der Waals surface area contributed by atoms with Gasteiger partial charge in [-0.05, 0) is 38.3 Å². The van der Waals surface area contributed by atoms with Crippen molar-refractivity contribution >= 4 is 5.82 Å². The highest BCUT2D eigenvalue weighted by molar-refractivity contribution is 5.43. The molecule has 1 saturated heterocycles. The number of pyridine rings is 1. The van der Waals surface area contributed by atoms with E-state index in [2.05, 4.69) is 28.2 Å². The van der Waals surface area contributed by atoms with Gasteiger partial charge < -0.3 is 10.4 Å². The number of hydrogen-bond acceptors (Lipinski definition) is 4. The van der Waals surface area contributed by atoms with Crippen molar-refractivity contribution < 1.29 is 5.11 Å². The van der Waals surface area contributed by atoms with Crippen LogP contribution < -0.4 is 5.32 Å². The number of likely N-dealkylation sites (tertiary alicyclic amines) is 1. The Morgan fingerprint density at radius 2 is 2.35 bits per heavy atom. The Kier molecular flexibility index (Phi) is 6.27. The van der Waals surface area contributed by atoms with Crippen LogP contribution >= 0.6 is 0 Å². The van der Waals surface area contributed by atoms with Crippen molar-refractivity contribution in [3.05, 3.63) is 23.9 Å². The normalized spacial score (nSPS) is 20.0. The summed E-state index contributed by atoms with van der Waals surface area (Å²) in [4.78, 5) is 6.97. The average molecular weight is 277 g/mol. The monoisotopic (exact) mass is 277 g/mol. The van der Waals surface area contributed by atoms with Crippen LogP contribution in [0.5, 0.6) is 0 Å². The van der Waals surface area contributed by atoms with Crippen LogP contribution in [0.3, 0.4) is 0 Å². The predicted molar refractivity (Wildman–Crippen MR) is 82.8 cm³/mol. The van der Waals surface area contributed by atoms with Gasteiger partial charge >= 0.3 is 0 Å². The van der Waals surface area contributed by atoms with Crippen LogP contribution in [0.4, 0.5) is 5.82 Å². The van der Waals surface area contributed by atoms with E-state index in [1.807, 2.05) is 12.3 Å². The minimum atomic E-state index is 0.287. The molecule has 2 heterocycles. The van der Waals surface area contributed by atoms with Gasteiger partial charge in [0.1, 0.15) is 5.82 Å². The second-order valence-corrected chi connectivity index (χ2v) is 5.57. The maximum absolute atomic E-state index is 9.22. The molecule has 1 unspecified atom stereocenters. The molecule has 1 atom stereocenters. The van der Waals surface area contributed by atoms with Gasteiger partial charge in [0.15, 0.2) is 0 Å². The van der Waals surface area contributed by atoms with E-state index in [0.717, 1.165) is 38.3 Å². The third-order valence-corrected chi connectivity index (χ3v) is 4.02. The fourth-order valence-corrected chi connectivity index (χ4v) is 2.93. The predicted octanol–water partition coefficient (Wildman–Crippen LogP) is 2.64. The van der Waals surface area contributed by atoms with Crippen LogP contribution in [0.25, 0.3) is 0 Å². The Morgan fingerprint density at radius 3 is 3.15 bits per heavy atom. The van der Waals surface area contributed by atoms with Gasteiger partial charge in [-0.25, -0.2) is 4.98 Å². The second kappa shape index (κ2) is 8.22. The lowest BCUT2D eigenvalue weighted by Gasteiger charge is -2.35. The summed E-state index contributed by atoms with van der Waals surface area (Å²) < 4.78 is 0. The molecular weight excluding hydrogens is 250 g/mol. The summed E-state index contributed by atoms with van der Waals surface area (Å²) in [5.41, 5.74) is 1.27. The average Bonchev–Trinajstić information content (AvgIpc) is 2.49. The molecule has 112 valence electrons. The van der Waals surface area contributed by atoms with Crippen molar-refractivity contribution in [3.63, 3.8) is 0 Å². The van der Waals surface area contributed by atoms with Gasteiger partial charge in [0.25, 0.3) is 0 Å². The van der Waals surface area contributed by atoms with Gasteiger partial charge in [-0.2, -0.15) is 0 Å². The number of nitrogens with one attached hydrogen (secondary N) is 1. The summed E-state index contributed by atoms with van der Waals surface area (Å²) in [6, 6.07) is 4.69. The molecule has 1 aliphatic rings. The van der Waals surface area contributed by atoms with Crippen molar-refractivity contribution in [1.82, 2.24) is 9.88 Å². The van der Waals surface area contributed by atoms with Crippen LogP contribution in [-0.4, -0.2) is 40.7 Å². The van der Waals surface area contributed by atoms with E-state index in [4.69, 9.17) is 0 Å². The molecular formula is C16H27N3O. The summed E-state index contributed by atoms with van der Waals surface area (Å²) in [5, 5.41) is 12.6. The van der Waals surface area contributed by atoms with Crippen molar-refractivity contribution in [3.8, 4) is 0 Å². The molecule has 20 heavy (non-hydrogen) atoms. The molecule has 0 spiro atoms. The number of rotatable bonds is 7. The van der Waals surface area contributed by atoms with Gasteiger partial charge in [0.05, 0.1) is 0 Å². The number of anilines is 1. The molecule has 0 aromatic carbocycles. The molecule has 1 aromatic rings. The first kappa shape index (κ1) is 15.3. The Balaban J connectivity index is 2.03. The van der Waals surface area contributed by atoms with Crippen LogP contribution in [0.2, 0.25) is 0 Å². The highest BCUT2D eigenvalue weighted by Crippen LogP contribution is 2.23. The molecule has 0 radical (unpaired) electrons. The fraction of sp³-hybridized carbons (Fsp3) is 0.688. The van der Waals surface area contributed by atoms with E-state index in [0.29, 0.717) is 6.04 Å². The lowest BCUT2D eigenvalue weighted by molar-refractivity contribution is 0.112. The minimum absolute atomic E-state index is 0.287. The molecule has 1 aliphatic heterocycles. The van der Waals surface area contributed by atoms with Crippen molar-refractivity contribution in [1.29, 1.82) is 0 Å². The number of nitrogens with zero attached hydrogens (tertiary/aromatic N) is 2. The SMILES string of the molecule is CCCNc1ncccc1CN1CCCCC1CCO. The summed E-state index contributed by atoms with van der Waals surface area (Å²) in [6.45, 7) is 5.48. The maximum Gasteiger partial charge on any atom is 0.130 e. The molecule has 1 aromatic heterocycles. The van der Waals surface area contributed by atoms with E-state index in [9.17, 15) is 5.11 Å². The van der Waals surface area contributed by atoms with Gasteiger partial charge in [-0.3, -0.25) is 4.90 Å². The van der Waals surface area contributed by atoms with Crippen LogP contribution in [0.1, 0.15) is 44.6 Å². The van der Waals surface area contributed by atoms with Gasteiger partial charge in [0, 0.05) is 37.5 Å². The third kappa shape index (κ3) is 4.18. The van der Waals surface area contributed by atoms with Crippen molar-refractivity contribution in [2.24, 2.45) is 0 Å². The topological polar surface area (TPSA) is 48.4 Å². The van der Waals surface area contributed by atoms with E-state index < -0.39 is 0 Å². The van der Waals surface area contributed by atoms with Crippen molar-refractivity contribution in [2.45, 2.75) is 51.6 Å². The molecule has 2 N–H and O–H groups in total. The quantitative estimate of drug-likeness (QED) is 0.804. The van der Waals surface area contributed by atoms with Gasteiger partial charge in [-0.1, -0.05) is 19.4 Å². The fourth-order valence-electron chi connectivity index (χ4n) is 2.93. The highest BCUT2D eigenvalue weighted by atomic mass is 16.3. The molecule has 0 aliphatic carbocycles. The number of aliphatic hydroxyl groups excluding tert-OH is 1. The second-order valence-electron chi connectivity index (χ2n) is 5.57. The summed E-state index contributed by atoms with van der Waals surface area (Å²) in [7, 11) is 0. The first-order valence-corrected chi connectivity index (χ1v) is 7.87. The van der Waals surface area contributed by atoms with Crippen molar-refractivity contribution in [2.75, 3.05) is 25.0 Å². The lowest BCUT2D eigenvalue weighted by Crippen LogP contribution is -2.39. The molecule has 0 bridgehead atoms. The Labute approximate surface area is 122 Å². The molecule has 0 saturated carbocycles. The number of piperidine rings is 1. The summed E-state index contributed by atoms with van der Waals surface area (Å²) in [5.74, 6) is 1.02. The Bertz CT molecular complexity index is 395. The third-order valence-electron chi connectivity index (χ3n) is 4.02. The number of aromatic nitrogens is 1. The first-order valence-electron chi connectivity index (χ1n) is 7.87. The van der Waals surface area contributed by atoms with E-state index in [1.165, 1.54) is 24.8 Å². The molecule has 4 nitrogen and oxygen atoms in total. The van der Waals surface area contributed by atoms with Crippen LogP contribution in [-0.2, 0) is 6.54 Å². The van der Waals surface area contributed by atoms with Crippen LogP contribution in [0, 0.1) is 0 Å². The number of hydrogen-bond donors (Lipinski definition) is 2. The minimum Gasteiger partial charge on any atom is -0.396 e. The Hall–Kier alpha value is -1.13. The highest BCUT2D eigenvalue weighted by Gasteiger charge is 2.22. The van der Waals surface area contributed by atoms with Crippen LogP contribution in [0.15, 0.2) is 18.3 Å². The molecule has 4 heteroatoms. The summed E-state index contributed by atoms with van der Waals surface area (Å²) >= 11 is 0. The summed E-state index contributed by atoms with van der Waals surface area (Å²) in [6.07, 6.45) is 7.60. The maximum atomic E-state index is 9.22. The first-order chi connectivity index (χ1) is 9.85. The van der Waals surface area contributed by atoms with E-state index in [1.54, 1.807) is 0 Å². The van der Waals surface area contributed by atoms with Gasteiger partial charge in [0.2, 0.25) is 0 Å².